The first-order chi connectivity index (χ1) is 20.7. The number of amides is 1. The summed E-state index contributed by atoms with van der Waals surface area (Å²) in [6.45, 7) is 9.23. The average Bonchev–Trinajstić information content (AvgIpc) is 3.37. The van der Waals surface area contributed by atoms with E-state index in [2.05, 4.69) is 45.2 Å². The van der Waals surface area contributed by atoms with Gasteiger partial charge in [-0.25, -0.2) is 4.98 Å². The van der Waals surface area contributed by atoms with Crippen LogP contribution in [0, 0.1) is 13.8 Å². The molecule has 1 aliphatic heterocycles. The van der Waals surface area contributed by atoms with Crippen molar-refractivity contribution < 1.29 is 9.53 Å². The van der Waals surface area contributed by atoms with Crippen molar-refractivity contribution >= 4 is 28.3 Å². The number of carbonyl (C=O) groups excluding carboxylic acids is 1. The Labute approximate surface area is 251 Å². The molecule has 6 rings (SSSR count). The standard InChI is InChI=1S/C33H36N8O2/c1-21-5-12-27(43-33-29-20-40(4)38-31(29)36-30(37-33)23-6-9-25(34)10-7-23)18-28(21)32(42)35-26-11-8-24(22(2)17-26)19-41-15-13-39(3)14-16-41/h5-12,17-18,20H,13-16,19,34H2,1-4H3,(H,35,42). The predicted molar refractivity (Wildman–Crippen MR) is 169 cm³/mol. The van der Waals surface area contributed by atoms with Gasteiger partial charge in [0.05, 0.1) is 0 Å². The molecular weight excluding hydrogens is 540 g/mol. The highest BCUT2D eigenvalue weighted by Crippen LogP contribution is 2.31. The lowest BCUT2D eigenvalue weighted by molar-refractivity contribution is 0.102. The Morgan fingerprint density at radius 3 is 2.44 bits per heavy atom. The summed E-state index contributed by atoms with van der Waals surface area (Å²) < 4.78 is 7.96. The highest BCUT2D eigenvalue weighted by molar-refractivity contribution is 6.05. The molecule has 3 aromatic carbocycles. The van der Waals surface area contributed by atoms with Gasteiger partial charge in [-0.3, -0.25) is 14.4 Å². The lowest BCUT2D eigenvalue weighted by atomic mass is 10.1. The van der Waals surface area contributed by atoms with Crippen LogP contribution < -0.4 is 15.8 Å². The molecule has 0 bridgehead atoms. The largest absolute Gasteiger partial charge is 0.438 e. The van der Waals surface area contributed by atoms with Gasteiger partial charge in [0.15, 0.2) is 11.5 Å². The Morgan fingerprint density at radius 1 is 0.930 bits per heavy atom. The Bertz CT molecular complexity index is 1790. The molecule has 2 aromatic heterocycles. The molecule has 1 amide bonds. The second-order valence-electron chi connectivity index (χ2n) is 11.3. The number of anilines is 2. The van der Waals surface area contributed by atoms with Crippen LogP contribution in [0.3, 0.4) is 0 Å². The van der Waals surface area contributed by atoms with Crippen molar-refractivity contribution in [1.29, 1.82) is 0 Å². The summed E-state index contributed by atoms with van der Waals surface area (Å²) in [5, 5.41) is 8.21. The van der Waals surface area contributed by atoms with Crippen LogP contribution in [0.1, 0.15) is 27.0 Å². The number of hydrogen-bond donors (Lipinski definition) is 2. The first kappa shape index (κ1) is 28.3. The van der Waals surface area contributed by atoms with Gasteiger partial charge in [0, 0.05) is 68.5 Å². The monoisotopic (exact) mass is 576 g/mol. The number of nitrogen functional groups attached to an aromatic ring is 1. The van der Waals surface area contributed by atoms with Gasteiger partial charge in [-0.2, -0.15) is 10.1 Å². The number of aromatic nitrogens is 4. The number of carbonyl (C=O) groups is 1. The second kappa shape index (κ2) is 11.8. The van der Waals surface area contributed by atoms with Crippen molar-refractivity contribution in [2.75, 3.05) is 44.3 Å². The van der Waals surface area contributed by atoms with E-state index in [-0.39, 0.29) is 5.91 Å². The van der Waals surface area contributed by atoms with Gasteiger partial charge in [-0.15, -0.1) is 0 Å². The molecule has 0 saturated carbocycles. The first-order valence-electron chi connectivity index (χ1n) is 14.4. The third-order valence-corrected chi connectivity index (χ3v) is 7.89. The summed E-state index contributed by atoms with van der Waals surface area (Å²) in [7, 11) is 3.99. The van der Waals surface area contributed by atoms with Crippen LogP contribution in [0.15, 0.2) is 66.9 Å². The number of rotatable bonds is 7. The Morgan fingerprint density at radius 2 is 1.70 bits per heavy atom. The normalized spacial score (nSPS) is 14.2. The number of piperazine rings is 1. The lowest BCUT2D eigenvalue weighted by Crippen LogP contribution is -2.43. The van der Waals surface area contributed by atoms with Crippen LogP contribution >= 0.6 is 0 Å². The molecule has 1 fully saturated rings. The molecule has 0 aliphatic carbocycles. The van der Waals surface area contributed by atoms with Gasteiger partial charge < -0.3 is 20.7 Å². The third kappa shape index (κ3) is 6.35. The van der Waals surface area contributed by atoms with E-state index >= 15 is 0 Å². The molecule has 10 heteroatoms. The van der Waals surface area contributed by atoms with Crippen LogP contribution in [0.25, 0.3) is 22.4 Å². The fraction of sp³-hybridized carbons (Fsp3) is 0.273. The Kier molecular flexibility index (Phi) is 7.79. The number of hydrogen-bond acceptors (Lipinski definition) is 8. The minimum Gasteiger partial charge on any atom is -0.438 e. The maximum atomic E-state index is 13.4. The maximum absolute atomic E-state index is 13.4. The van der Waals surface area contributed by atoms with Crippen LogP contribution in [-0.2, 0) is 13.6 Å². The molecule has 0 atom stereocenters. The Hall–Kier alpha value is -4.80. The van der Waals surface area contributed by atoms with Crippen LogP contribution in [-0.4, -0.2) is 68.7 Å². The SMILES string of the molecule is Cc1cc(NC(=O)c2cc(Oc3nc(-c4ccc(N)cc4)nc4nn(C)cc34)ccc2C)ccc1CN1CCN(C)CC1. The number of ether oxygens (including phenoxy) is 1. The fourth-order valence-electron chi connectivity index (χ4n) is 5.25. The number of nitrogens with zero attached hydrogens (tertiary/aromatic N) is 6. The molecule has 43 heavy (non-hydrogen) atoms. The van der Waals surface area contributed by atoms with Crippen molar-refractivity contribution in [3.63, 3.8) is 0 Å². The van der Waals surface area contributed by atoms with Crippen molar-refractivity contribution in [3.8, 4) is 23.0 Å². The quantitative estimate of drug-likeness (QED) is 0.260. The summed E-state index contributed by atoms with van der Waals surface area (Å²) in [5.74, 6) is 1.11. The minimum absolute atomic E-state index is 0.203. The van der Waals surface area contributed by atoms with E-state index < -0.39 is 0 Å². The zero-order chi connectivity index (χ0) is 30.1. The predicted octanol–water partition coefficient (Wildman–Crippen LogP) is 5.02. The molecule has 0 spiro atoms. The lowest BCUT2D eigenvalue weighted by Gasteiger charge is -2.32. The van der Waals surface area contributed by atoms with E-state index in [4.69, 9.17) is 15.5 Å². The van der Waals surface area contributed by atoms with Crippen molar-refractivity contribution in [1.82, 2.24) is 29.5 Å². The molecule has 3 N–H and O–H groups in total. The zero-order valence-electron chi connectivity index (χ0n) is 25.0. The summed E-state index contributed by atoms with van der Waals surface area (Å²) in [4.78, 5) is 27.6. The molecule has 0 unspecified atom stereocenters. The van der Waals surface area contributed by atoms with Crippen molar-refractivity contribution in [3.05, 3.63) is 89.1 Å². The van der Waals surface area contributed by atoms with E-state index in [1.54, 1.807) is 22.9 Å². The third-order valence-electron chi connectivity index (χ3n) is 7.89. The fourth-order valence-corrected chi connectivity index (χ4v) is 5.25. The molecular formula is C33H36N8O2. The molecule has 10 nitrogen and oxygen atoms in total. The van der Waals surface area contributed by atoms with E-state index in [9.17, 15) is 4.79 Å². The number of nitrogens with two attached hydrogens (primary N) is 1. The Balaban J connectivity index is 1.21. The summed E-state index contributed by atoms with van der Waals surface area (Å²) >= 11 is 0. The summed E-state index contributed by atoms with van der Waals surface area (Å²) in [6, 6.07) is 18.9. The van der Waals surface area contributed by atoms with Crippen LogP contribution in [0.5, 0.6) is 11.6 Å². The van der Waals surface area contributed by atoms with Gasteiger partial charge in [0.1, 0.15) is 11.1 Å². The molecule has 1 aliphatic rings. The highest BCUT2D eigenvalue weighted by Gasteiger charge is 2.18. The van der Waals surface area contributed by atoms with Gasteiger partial charge in [-0.05, 0) is 86.1 Å². The maximum Gasteiger partial charge on any atom is 0.256 e. The van der Waals surface area contributed by atoms with Crippen LogP contribution in [0.2, 0.25) is 0 Å². The number of benzene rings is 3. The van der Waals surface area contributed by atoms with Gasteiger partial charge in [-0.1, -0.05) is 12.1 Å². The zero-order valence-corrected chi connectivity index (χ0v) is 25.0. The van der Waals surface area contributed by atoms with Crippen LogP contribution in [0.4, 0.5) is 11.4 Å². The minimum atomic E-state index is -0.203. The molecule has 3 heterocycles. The number of nitrogens with one attached hydrogen (secondary N) is 1. The summed E-state index contributed by atoms with van der Waals surface area (Å²) in [6.07, 6.45) is 1.81. The van der Waals surface area contributed by atoms with E-state index in [0.29, 0.717) is 39.7 Å². The number of aryl methyl sites for hydroxylation is 3. The average molecular weight is 577 g/mol. The smallest absolute Gasteiger partial charge is 0.256 e. The first-order valence-corrected chi connectivity index (χ1v) is 14.4. The topological polar surface area (TPSA) is 114 Å². The van der Waals surface area contributed by atoms with E-state index in [1.165, 1.54) is 5.56 Å². The van der Waals surface area contributed by atoms with Crippen molar-refractivity contribution in [2.45, 2.75) is 20.4 Å². The highest BCUT2D eigenvalue weighted by atomic mass is 16.5. The molecule has 220 valence electrons. The number of likely N-dealkylation sites (N-methyl/N-ethyl adjacent to an activating group) is 1. The van der Waals surface area contributed by atoms with E-state index in [1.807, 2.05) is 56.6 Å². The van der Waals surface area contributed by atoms with Gasteiger partial charge in [0.2, 0.25) is 5.88 Å². The summed E-state index contributed by atoms with van der Waals surface area (Å²) in [5.41, 5.74) is 12.4. The van der Waals surface area contributed by atoms with Crippen molar-refractivity contribution in [2.24, 2.45) is 7.05 Å². The van der Waals surface area contributed by atoms with E-state index in [0.717, 1.165) is 55.1 Å². The molecule has 5 aromatic rings. The van der Waals surface area contributed by atoms with Gasteiger partial charge >= 0.3 is 0 Å². The second-order valence-corrected chi connectivity index (χ2v) is 11.3. The number of fused-ring (bicyclic) bond motifs is 1. The molecule has 0 radical (unpaired) electrons. The van der Waals surface area contributed by atoms with Gasteiger partial charge in [0.25, 0.3) is 5.91 Å². The molecule has 1 saturated heterocycles.